The van der Waals surface area contributed by atoms with Crippen LogP contribution in [0, 0.1) is 0 Å². The van der Waals surface area contributed by atoms with E-state index in [0.717, 1.165) is 0 Å². The van der Waals surface area contributed by atoms with Crippen molar-refractivity contribution in [1.82, 2.24) is 0 Å². The normalized spacial score (nSPS) is 14.4. The lowest BCUT2D eigenvalue weighted by atomic mass is 10.1. The summed E-state index contributed by atoms with van der Waals surface area (Å²) < 4.78 is 14.7. The maximum atomic E-state index is 12.1. The predicted octanol–water partition coefficient (Wildman–Crippen LogP) is 0.779. The highest BCUT2D eigenvalue weighted by Crippen LogP contribution is 2.29. The van der Waals surface area contributed by atoms with E-state index in [1.807, 2.05) is 0 Å². The number of carbonyl (C=O) groups excluding carboxylic acids is 2. The number of carboxylic acids is 1. The summed E-state index contributed by atoms with van der Waals surface area (Å²) in [6.07, 6.45) is 0. The van der Waals surface area contributed by atoms with Gasteiger partial charge in [0.2, 0.25) is 0 Å². The van der Waals surface area contributed by atoms with Crippen LogP contribution in [0.25, 0.3) is 0 Å². The van der Waals surface area contributed by atoms with Crippen LogP contribution in [0.1, 0.15) is 10.4 Å². The fourth-order valence-electron chi connectivity index (χ4n) is 2.22. The quantitative estimate of drug-likeness (QED) is 0.812. The summed E-state index contributed by atoms with van der Waals surface area (Å²) in [7, 11) is 2.34. The van der Waals surface area contributed by atoms with Crippen molar-refractivity contribution in [3.05, 3.63) is 41.1 Å². The molecule has 0 amide bonds. The molecule has 1 aromatic rings. The Labute approximate surface area is 131 Å². The number of anilines is 1. The van der Waals surface area contributed by atoms with E-state index in [9.17, 15) is 19.5 Å². The molecular formula is C15H15NO7. The van der Waals surface area contributed by atoms with E-state index in [1.165, 1.54) is 31.3 Å². The Hall–Kier alpha value is -2.87. The number of carbonyl (C=O) groups is 3. The minimum atomic E-state index is -1.17. The van der Waals surface area contributed by atoms with Gasteiger partial charge in [0.15, 0.2) is 0 Å². The molecule has 1 aliphatic heterocycles. The number of para-hydroxylation sites is 1. The van der Waals surface area contributed by atoms with E-state index in [2.05, 4.69) is 4.74 Å². The van der Waals surface area contributed by atoms with Crippen LogP contribution in [-0.4, -0.2) is 50.6 Å². The van der Waals surface area contributed by atoms with Gasteiger partial charge in [0.1, 0.15) is 12.4 Å². The van der Waals surface area contributed by atoms with Gasteiger partial charge in [0.05, 0.1) is 37.7 Å². The smallest absolute Gasteiger partial charge is 0.355 e. The molecular weight excluding hydrogens is 306 g/mol. The number of benzene rings is 1. The Morgan fingerprint density at radius 1 is 1.13 bits per heavy atom. The van der Waals surface area contributed by atoms with Crippen molar-refractivity contribution in [2.24, 2.45) is 0 Å². The Morgan fingerprint density at radius 2 is 1.78 bits per heavy atom. The van der Waals surface area contributed by atoms with Crippen LogP contribution in [0.2, 0.25) is 0 Å². The molecule has 0 saturated carbocycles. The molecule has 1 N–H and O–H groups in total. The number of nitrogens with zero attached hydrogens (tertiary/aromatic N) is 1. The molecule has 1 aromatic carbocycles. The van der Waals surface area contributed by atoms with Crippen molar-refractivity contribution < 1.29 is 33.7 Å². The molecule has 0 fully saturated rings. The second-order valence-electron chi connectivity index (χ2n) is 4.54. The van der Waals surface area contributed by atoms with Gasteiger partial charge in [-0.1, -0.05) is 12.1 Å². The number of esters is 2. The van der Waals surface area contributed by atoms with Crippen LogP contribution >= 0.6 is 0 Å². The number of ether oxygens (including phenoxy) is 3. The largest absolute Gasteiger partial charge is 0.478 e. The molecule has 1 aliphatic rings. The van der Waals surface area contributed by atoms with Gasteiger partial charge >= 0.3 is 17.9 Å². The first-order valence-electron chi connectivity index (χ1n) is 6.58. The van der Waals surface area contributed by atoms with E-state index < -0.39 is 17.9 Å². The van der Waals surface area contributed by atoms with Gasteiger partial charge in [-0.3, -0.25) is 0 Å². The average molecular weight is 321 g/mol. The Morgan fingerprint density at radius 3 is 2.39 bits per heavy atom. The zero-order chi connectivity index (χ0) is 17.0. The number of carboxylic acid groups (broad SMARTS) is 1. The molecule has 0 bridgehead atoms. The predicted molar refractivity (Wildman–Crippen MR) is 77.8 cm³/mol. The fourth-order valence-corrected chi connectivity index (χ4v) is 2.22. The molecule has 0 spiro atoms. The van der Waals surface area contributed by atoms with Gasteiger partial charge in [-0.05, 0) is 12.1 Å². The molecule has 0 atom stereocenters. The molecule has 8 heteroatoms. The van der Waals surface area contributed by atoms with E-state index in [0.29, 0.717) is 0 Å². The van der Waals surface area contributed by atoms with Gasteiger partial charge in [-0.2, -0.15) is 0 Å². The van der Waals surface area contributed by atoms with Crippen LogP contribution in [0.5, 0.6) is 0 Å². The van der Waals surface area contributed by atoms with Gasteiger partial charge in [0, 0.05) is 0 Å². The molecule has 1 heterocycles. The summed E-state index contributed by atoms with van der Waals surface area (Å²) in [6, 6.07) is 6.07. The summed E-state index contributed by atoms with van der Waals surface area (Å²) in [6.45, 7) is -0.238. The van der Waals surface area contributed by atoms with E-state index in [-0.39, 0.29) is 35.9 Å². The molecule has 0 unspecified atom stereocenters. The molecule has 122 valence electrons. The van der Waals surface area contributed by atoms with Crippen LogP contribution in [0.3, 0.4) is 0 Å². The fraction of sp³-hybridized carbons (Fsp3) is 0.267. The third-order valence-corrected chi connectivity index (χ3v) is 3.26. The Bertz CT molecular complexity index is 680. The maximum absolute atomic E-state index is 12.1. The SMILES string of the molecule is COC(=O)C1=C(C(=O)OC)N(c2ccccc2C(=O)O)COC1. The minimum Gasteiger partial charge on any atom is -0.478 e. The van der Waals surface area contributed by atoms with Crippen molar-refractivity contribution in [3.63, 3.8) is 0 Å². The highest BCUT2D eigenvalue weighted by Gasteiger charge is 2.33. The first kappa shape index (κ1) is 16.5. The lowest BCUT2D eigenvalue weighted by molar-refractivity contribution is -0.140. The first-order chi connectivity index (χ1) is 11.0. The highest BCUT2D eigenvalue weighted by atomic mass is 16.5. The summed E-state index contributed by atoms with van der Waals surface area (Å²) >= 11 is 0. The van der Waals surface area contributed by atoms with Crippen molar-refractivity contribution in [1.29, 1.82) is 0 Å². The van der Waals surface area contributed by atoms with Crippen molar-refractivity contribution in [2.75, 3.05) is 32.5 Å². The monoisotopic (exact) mass is 321 g/mol. The molecule has 0 aliphatic carbocycles. The number of rotatable bonds is 4. The average Bonchev–Trinajstić information content (AvgIpc) is 2.59. The van der Waals surface area contributed by atoms with E-state index in [1.54, 1.807) is 12.1 Å². The Kier molecular flexibility index (Phi) is 4.97. The molecule has 0 radical (unpaired) electrons. The zero-order valence-corrected chi connectivity index (χ0v) is 12.6. The number of methoxy groups -OCH3 is 2. The maximum Gasteiger partial charge on any atom is 0.355 e. The van der Waals surface area contributed by atoms with Gasteiger partial charge in [0.25, 0.3) is 0 Å². The number of hydrogen-bond acceptors (Lipinski definition) is 7. The third kappa shape index (κ3) is 3.16. The summed E-state index contributed by atoms with van der Waals surface area (Å²) in [5.74, 6) is -2.70. The summed E-state index contributed by atoms with van der Waals surface area (Å²) in [4.78, 5) is 36.7. The van der Waals surface area contributed by atoms with Crippen molar-refractivity contribution >= 4 is 23.6 Å². The van der Waals surface area contributed by atoms with E-state index in [4.69, 9.17) is 9.47 Å². The Balaban J connectivity index is 2.63. The van der Waals surface area contributed by atoms with Crippen molar-refractivity contribution in [3.8, 4) is 0 Å². The standard InChI is InChI=1S/C15H15NO7/c1-21-14(19)10-7-23-8-16(12(10)15(20)22-2)11-6-4-3-5-9(11)13(17)18/h3-6H,7-8H2,1-2H3,(H,17,18). The first-order valence-corrected chi connectivity index (χ1v) is 6.58. The molecule has 23 heavy (non-hydrogen) atoms. The van der Waals surface area contributed by atoms with Crippen LogP contribution in [0.15, 0.2) is 35.5 Å². The number of aromatic carboxylic acids is 1. The zero-order valence-electron chi connectivity index (χ0n) is 12.6. The second-order valence-corrected chi connectivity index (χ2v) is 4.54. The van der Waals surface area contributed by atoms with Crippen molar-refractivity contribution in [2.45, 2.75) is 0 Å². The molecule has 0 aromatic heterocycles. The van der Waals surface area contributed by atoms with Gasteiger partial charge in [-0.25, -0.2) is 14.4 Å². The van der Waals surface area contributed by atoms with Crippen LogP contribution in [0.4, 0.5) is 5.69 Å². The minimum absolute atomic E-state index is 0.0363. The van der Waals surface area contributed by atoms with Crippen LogP contribution in [-0.2, 0) is 23.8 Å². The topological polar surface area (TPSA) is 102 Å². The second kappa shape index (κ2) is 6.93. The summed E-state index contributed by atoms with van der Waals surface area (Å²) in [5.41, 5.74) is 0.0372. The molecule has 2 rings (SSSR count). The van der Waals surface area contributed by atoms with Crippen LogP contribution < -0.4 is 4.90 Å². The van der Waals surface area contributed by atoms with E-state index >= 15 is 0 Å². The molecule has 8 nitrogen and oxygen atoms in total. The molecule has 0 saturated heterocycles. The highest BCUT2D eigenvalue weighted by molar-refractivity contribution is 6.05. The lowest BCUT2D eigenvalue weighted by Crippen LogP contribution is -2.39. The lowest BCUT2D eigenvalue weighted by Gasteiger charge is -2.32. The van der Waals surface area contributed by atoms with Gasteiger partial charge in [-0.15, -0.1) is 0 Å². The number of hydrogen-bond donors (Lipinski definition) is 1. The third-order valence-electron chi connectivity index (χ3n) is 3.26. The summed E-state index contributed by atoms with van der Waals surface area (Å²) in [5, 5.41) is 9.31. The van der Waals surface area contributed by atoms with Gasteiger partial charge < -0.3 is 24.2 Å².